The molecular formula is C17H16N2O7. The molecule has 0 bridgehead atoms. The summed E-state index contributed by atoms with van der Waals surface area (Å²) in [5.41, 5.74) is -0.342. The Hall–Kier alpha value is -3.62. The van der Waals surface area contributed by atoms with Gasteiger partial charge in [0.2, 0.25) is 0 Å². The summed E-state index contributed by atoms with van der Waals surface area (Å²) in [6.07, 6.45) is 0. The van der Waals surface area contributed by atoms with Gasteiger partial charge >= 0.3 is 11.7 Å². The Morgan fingerprint density at radius 3 is 2.54 bits per heavy atom. The maximum absolute atomic E-state index is 12.0. The van der Waals surface area contributed by atoms with Crippen LogP contribution in [-0.4, -0.2) is 35.1 Å². The highest BCUT2D eigenvalue weighted by Gasteiger charge is 2.19. The van der Waals surface area contributed by atoms with Gasteiger partial charge in [-0.3, -0.25) is 14.9 Å². The molecule has 0 aliphatic rings. The van der Waals surface area contributed by atoms with Crippen LogP contribution in [0, 0.1) is 10.1 Å². The van der Waals surface area contributed by atoms with E-state index in [2.05, 4.69) is 5.32 Å². The number of amides is 1. The molecule has 0 heterocycles. The van der Waals surface area contributed by atoms with Gasteiger partial charge in [-0.1, -0.05) is 12.1 Å². The molecule has 2 rings (SSSR count). The number of anilines is 1. The molecule has 0 unspecified atom stereocenters. The Morgan fingerprint density at radius 2 is 1.88 bits per heavy atom. The van der Waals surface area contributed by atoms with E-state index in [1.807, 2.05) is 6.92 Å². The zero-order valence-electron chi connectivity index (χ0n) is 13.8. The number of carbonyl (C=O) groups is 2. The third kappa shape index (κ3) is 4.69. The number of aromatic carboxylic acids is 1. The number of nitro benzene ring substituents is 1. The van der Waals surface area contributed by atoms with Crippen LogP contribution < -0.4 is 14.8 Å². The van der Waals surface area contributed by atoms with Gasteiger partial charge in [0.15, 0.2) is 12.4 Å². The molecule has 2 N–H and O–H groups in total. The van der Waals surface area contributed by atoms with Crippen LogP contribution in [0.25, 0.3) is 0 Å². The lowest BCUT2D eigenvalue weighted by atomic mass is 10.2. The Bertz CT molecular complexity index is 836. The first-order chi connectivity index (χ1) is 12.4. The van der Waals surface area contributed by atoms with E-state index >= 15 is 0 Å². The quantitative estimate of drug-likeness (QED) is 0.547. The van der Waals surface area contributed by atoms with Crippen LogP contribution >= 0.6 is 0 Å². The Morgan fingerprint density at radius 1 is 1.15 bits per heavy atom. The first-order valence-corrected chi connectivity index (χ1v) is 7.58. The predicted molar refractivity (Wildman–Crippen MR) is 91.8 cm³/mol. The Kier molecular flexibility index (Phi) is 6.10. The number of carboxylic acid groups (broad SMARTS) is 1. The van der Waals surface area contributed by atoms with Gasteiger partial charge in [-0.2, -0.15) is 0 Å². The van der Waals surface area contributed by atoms with Crippen LogP contribution in [0.5, 0.6) is 11.5 Å². The average Bonchev–Trinajstić information content (AvgIpc) is 2.61. The summed E-state index contributed by atoms with van der Waals surface area (Å²) in [7, 11) is 0. The molecular weight excluding hydrogens is 344 g/mol. The lowest BCUT2D eigenvalue weighted by Crippen LogP contribution is -2.21. The topological polar surface area (TPSA) is 128 Å². The summed E-state index contributed by atoms with van der Waals surface area (Å²) in [6, 6.07) is 9.98. The molecule has 0 saturated carbocycles. The zero-order chi connectivity index (χ0) is 19.1. The number of carboxylic acids is 1. The minimum atomic E-state index is -1.30. The third-order valence-electron chi connectivity index (χ3n) is 3.22. The monoisotopic (exact) mass is 360 g/mol. The van der Waals surface area contributed by atoms with Gasteiger partial charge in [0.1, 0.15) is 5.75 Å². The number of nitro groups is 1. The van der Waals surface area contributed by atoms with Crippen LogP contribution in [0.1, 0.15) is 17.3 Å². The molecule has 0 aliphatic carbocycles. The molecule has 0 radical (unpaired) electrons. The molecule has 2 aromatic rings. The van der Waals surface area contributed by atoms with Crippen molar-refractivity contribution in [2.24, 2.45) is 0 Å². The number of para-hydroxylation sites is 2. The van der Waals surface area contributed by atoms with Gasteiger partial charge in [0.25, 0.3) is 5.91 Å². The smallest absolute Gasteiger partial charge is 0.335 e. The Labute approximate surface area is 148 Å². The molecule has 0 spiro atoms. The van der Waals surface area contributed by atoms with E-state index < -0.39 is 29.1 Å². The van der Waals surface area contributed by atoms with Gasteiger partial charge in [0, 0.05) is 6.07 Å². The van der Waals surface area contributed by atoms with E-state index in [1.54, 1.807) is 24.3 Å². The normalized spacial score (nSPS) is 10.0. The second-order valence-corrected chi connectivity index (χ2v) is 5.01. The zero-order valence-corrected chi connectivity index (χ0v) is 13.8. The highest BCUT2D eigenvalue weighted by atomic mass is 16.6. The lowest BCUT2D eigenvalue weighted by molar-refractivity contribution is -0.385. The fourth-order valence-corrected chi connectivity index (χ4v) is 2.10. The van der Waals surface area contributed by atoms with E-state index in [0.29, 0.717) is 18.0 Å². The molecule has 136 valence electrons. The second kappa shape index (κ2) is 8.47. The number of benzene rings is 2. The lowest BCUT2D eigenvalue weighted by Gasteiger charge is -2.12. The number of carbonyl (C=O) groups excluding carboxylic acids is 1. The summed E-state index contributed by atoms with van der Waals surface area (Å²) in [4.78, 5) is 33.2. The van der Waals surface area contributed by atoms with Crippen LogP contribution in [0.15, 0.2) is 42.5 Å². The van der Waals surface area contributed by atoms with Crippen LogP contribution in [0.2, 0.25) is 0 Å². The predicted octanol–water partition coefficient (Wildman–Crippen LogP) is 2.71. The van der Waals surface area contributed by atoms with Crippen LogP contribution in [0.3, 0.4) is 0 Å². The van der Waals surface area contributed by atoms with E-state index in [-0.39, 0.29) is 11.3 Å². The van der Waals surface area contributed by atoms with Gasteiger partial charge < -0.3 is 19.9 Å². The fourth-order valence-electron chi connectivity index (χ4n) is 2.10. The Balaban J connectivity index is 2.08. The highest BCUT2D eigenvalue weighted by Crippen LogP contribution is 2.28. The summed E-state index contributed by atoms with van der Waals surface area (Å²) in [5.74, 6) is -1.56. The molecule has 1 amide bonds. The SMILES string of the molecule is CCOc1ccccc1NC(=O)COc1ccc(C(=O)O)cc1[N+](=O)[O-]. The fraction of sp³-hybridized carbons (Fsp3) is 0.176. The summed E-state index contributed by atoms with van der Waals surface area (Å²) >= 11 is 0. The van der Waals surface area contributed by atoms with Crippen molar-refractivity contribution in [1.82, 2.24) is 0 Å². The maximum atomic E-state index is 12.0. The van der Waals surface area contributed by atoms with Gasteiger partial charge in [-0.15, -0.1) is 0 Å². The van der Waals surface area contributed by atoms with Crippen LogP contribution in [-0.2, 0) is 4.79 Å². The summed E-state index contributed by atoms with van der Waals surface area (Å²) in [5, 5.41) is 22.5. The standard InChI is InChI=1S/C17H16N2O7/c1-2-25-14-6-4-3-5-12(14)18-16(20)10-26-15-8-7-11(17(21)22)9-13(15)19(23)24/h3-9H,2,10H2,1H3,(H,18,20)(H,21,22). The van der Waals surface area contributed by atoms with Crippen molar-refractivity contribution in [2.45, 2.75) is 6.92 Å². The molecule has 0 saturated heterocycles. The van der Waals surface area contributed by atoms with Gasteiger partial charge in [-0.25, -0.2) is 4.79 Å². The number of hydrogen-bond acceptors (Lipinski definition) is 6. The van der Waals surface area contributed by atoms with E-state index in [0.717, 1.165) is 18.2 Å². The van der Waals surface area contributed by atoms with Crippen molar-refractivity contribution < 1.29 is 29.1 Å². The minimum absolute atomic E-state index is 0.201. The molecule has 2 aromatic carbocycles. The maximum Gasteiger partial charge on any atom is 0.335 e. The number of hydrogen-bond donors (Lipinski definition) is 2. The van der Waals surface area contributed by atoms with Crippen molar-refractivity contribution in [2.75, 3.05) is 18.5 Å². The molecule has 26 heavy (non-hydrogen) atoms. The molecule has 9 heteroatoms. The van der Waals surface area contributed by atoms with E-state index in [4.69, 9.17) is 14.6 Å². The van der Waals surface area contributed by atoms with E-state index in [1.165, 1.54) is 0 Å². The molecule has 0 fully saturated rings. The average molecular weight is 360 g/mol. The molecule has 0 aromatic heterocycles. The largest absolute Gasteiger partial charge is 0.492 e. The second-order valence-electron chi connectivity index (χ2n) is 5.01. The number of nitrogens with one attached hydrogen (secondary N) is 1. The van der Waals surface area contributed by atoms with Crippen molar-refractivity contribution in [3.05, 3.63) is 58.1 Å². The van der Waals surface area contributed by atoms with Crippen molar-refractivity contribution in [3.8, 4) is 11.5 Å². The first-order valence-electron chi connectivity index (χ1n) is 7.58. The third-order valence-corrected chi connectivity index (χ3v) is 3.22. The van der Waals surface area contributed by atoms with Crippen LogP contribution in [0.4, 0.5) is 11.4 Å². The van der Waals surface area contributed by atoms with Crippen molar-refractivity contribution in [1.29, 1.82) is 0 Å². The minimum Gasteiger partial charge on any atom is -0.492 e. The van der Waals surface area contributed by atoms with E-state index in [9.17, 15) is 19.7 Å². The number of ether oxygens (including phenoxy) is 2. The van der Waals surface area contributed by atoms with Crippen molar-refractivity contribution in [3.63, 3.8) is 0 Å². The summed E-state index contributed by atoms with van der Waals surface area (Å²) < 4.78 is 10.6. The molecule has 0 aliphatic heterocycles. The number of rotatable bonds is 8. The van der Waals surface area contributed by atoms with Gasteiger partial charge in [-0.05, 0) is 31.2 Å². The molecule has 0 atom stereocenters. The summed E-state index contributed by atoms with van der Waals surface area (Å²) in [6.45, 7) is 1.74. The highest BCUT2D eigenvalue weighted by molar-refractivity contribution is 5.93. The van der Waals surface area contributed by atoms with Gasteiger partial charge in [0.05, 0.1) is 22.8 Å². The molecule has 9 nitrogen and oxygen atoms in total. The first kappa shape index (κ1) is 18.7. The van der Waals surface area contributed by atoms with Crippen molar-refractivity contribution >= 4 is 23.3 Å². The number of nitrogens with zero attached hydrogens (tertiary/aromatic N) is 1.